The summed E-state index contributed by atoms with van der Waals surface area (Å²) < 4.78 is 10.1. The maximum atomic E-state index is 11.2. The van der Waals surface area contributed by atoms with Crippen molar-refractivity contribution in [3.63, 3.8) is 0 Å². The van der Waals surface area contributed by atoms with Crippen LogP contribution in [0.3, 0.4) is 0 Å². The van der Waals surface area contributed by atoms with E-state index in [4.69, 9.17) is 20.3 Å². The number of aliphatic hydroxyl groups is 1. The molecule has 1 aliphatic rings. The number of esters is 1. The van der Waals surface area contributed by atoms with Crippen molar-refractivity contribution in [2.24, 2.45) is 11.7 Å². The molecular weight excluding hydrogens is 186 g/mol. The number of hydrogen-bond acceptors (Lipinski definition) is 5. The van der Waals surface area contributed by atoms with Crippen LogP contribution < -0.4 is 5.73 Å². The topological polar surface area (TPSA) is 81.8 Å². The Balaban J connectivity index is 2.19. The Labute approximate surface area is 83.2 Å². The number of carbonyl (C=O) groups excluding carboxylic acids is 1. The van der Waals surface area contributed by atoms with Crippen LogP contribution in [0.5, 0.6) is 0 Å². The van der Waals surface area contributed by atoms with E-state index in [1.807, 2.05) is 0 Å². The molecule has 14 heavy (non-hydrogen) atoms. The zero-order valence-corrected chi connectivity index (χ0v) is 8.31. The molecule has 0 spiro atoms. The third-order valence-corrected chi connectivity index (χ3v) is 2.28. The third-order valence-electron chi connectivity index (χ3n) is 2.28. The van der Waals surface area contributed by atoms with Gasteiger partial charge in [0.2, 0.25) is 0 Å². The average Bonchev–Trinajstić information content (AvgIpc) is 2.65. The smallest absolute Gasteiger partial charge is 0.325 e. The van der Waals surface area contributed by atoms with Gasteiger partial charge in [0, 0.05) is 12.5 Å². The van der Waals surface area contributed by atoms with Gasteiger partial charge in [-0.2, -0.15) is 0 Å². The lowest BCUT2D eigenvalue weighted by Crippen LogP contribution is -2.41. The summed E-state index contributed by atoms with van der Waals surface area (Å²) in [6, 6.07) is -0.947. The molecule has 3 atom stereocenters. The van der Waals surface area contributed by atoms with Crippen molar-refractivity contribution in [1.82, 2.24) is 0 Å². The van der Waals surface area contributed by atoms with Crippen LogP contribution in [0.4, 0.5) is 0 Å². The fourth-order valence-electron chi connectivity index (χ4n) is 1.21. The Morgan fingerprint density at radius 1 is 1.79 bits per heavy atom. The second-order valence-corrected chi connectivity index (χ2v) is 3.63. The molecule has 1 unspecified atom stereocenters. The fourth-order valence-corrected chi connectivity index (χ4v) is 1.21. The molecule has 1 heterocycles. The summed E-state index contributed by atoms with van der Waals surface area (Å²) in [5, 5.41) is 9.03. The first kappa shape index (κ1) is 11.4. The van der Waals surface area contributed by atoms with Gasteiger partial charge in [0.05, 0.1) is 19.3 Å². The van der Waals surface area contributed by atoms with Crippen molar-refractivity contribution in [2.75, 3.05) is 19.8 Å². The number of ether oxygens (including phenoxy) is 2. The van der Waals surface area contributed by atoms with Crippen LogP contribution in [-0.4, -0.2) is 43.0 Å². The van der Waals surface area contributed by atoms with Gasteiger partial charge in [-0.3, -0.25) is 4.79 Å². The zero-order valence-electron chi connectivity index (χ0n) is 8.31. The molecule has 0 radical (unpaired) electrons. The van der Waals surface area contributed by atoms with Crippen LogP contribution in [0.2, 0.25) is 0 Å². The van der Waals surface area contributed by atoms with Crippen LogP contribution in [-0.2, 0) is 14.3 Å². The first-order chi connectivity index (χ1) is 6.61. The maximum absolute atomic E-state index is 11.2. The van der Waals surface area contributed by atoms with E-state index in [9.17, 15) is 4.79 Å². The lowest BCUT2D eigenvalue weighted by Gasteiger charge is -2.15. The van der Waals surface area contributed by atoms with E-state index >= 15 is 0 Å². The van der Waals surface area contributed by atoms with Crippen molar-refractivity contribution in [2.45, 2.75) is 25.5 Å². The molecule has 1 saturated heterocycles. The summed E-state index contributed by atoms with van der Waals surface area (Å²) in [7, 11) is 0. The van der Waals surface area contributed by atoms with Crippen molar-refractivity contribution in [3.05, 3.63) is 0 Å². The highest BCUT2D eigenvalue weighted by Crippen LogP contribution is 2.12. The number of rotatable bonds is 4. The minimum Gasteiger partial charge on any atom is -0.464 e. The van der Waals surface area contributed by atoms with Crippen LogP contribution in [0.1, 0.15) is 13.3 Å². The minimum atomic E-state index is -0.947. The van der Waals surface area contributed by atoms with E-state index in [0.29, 0.717) is 13.2 Å². The van der Waals surface area contributed by atoms with E-state index in [1.165, 1.54) is 6.92 Å². The van der Waals surface area contributed by atoms with Crippen LogP contribution in [0.15, 0.2) is 0 Å². The predicted molar refractivity (Wildman–Crippen MR) is 49.5 cm³/mol. The Kier molecular flexibility index (Phi) is 4.31. The summed E-state index contributed by atoms with van der Waals surface area (Å²) in [6.07, 6.45) is 0.0410. The Hall–Kier alpha value is -0.650. The molecule has 82 valence electrons. The van der Waals surface area contributed by atoms with Crippen LogP contribution in [0.25, 0.3) is 0 Å². The molecule has 0 aromatic carbocycles. The Morgan fingerprint density at radius 3 is 3.00 bits per heavy atom. The Bertz CT molecular complexity index is 189. The largest absolute Gasteiger partial charge is 0.464 e. The van der Waals surface area contributed by atoms with E-state index < -0.39 is 18.1 Å². The highest BCUT2D eigenvalue weighted by atomic mass is 16.5. The first-order valence-electron chi connectivity index (χ1n) is 4.79. The molecule has 0 aromatic heterocycles. The third kappa shape index (κ3) is 3.25. The monoisotopic (exact) mass is 203 g/mol. The molecule has 5 heteroatoms. The van der Waals surface area contributed by atoms with E-state index in [2.05, 4.69) is 0 Å². The van der Waals surface area contributed by atoms with Crippen molar-refractivity contribution in [3.8, 4) is 0 Å². The molecule has 5 nitrogen and oxygen atoms in total. The molecule has 1 rings (SSSR count). The van der Waals surface area contributed by atoms with Gasteiger partial charge in [-0.1, -0.05) is 0 Å². The van der Waals surface area contributed by atoms with Crippen LogP contribution >= 0.6 is 0 Å². The lowest BCUT2D eigenvalue weighted by molar-refractivity contribution is -0.149. The number of hydrogen-bond donors (Lipinski definition) is 2. The minimum absolute atomic E-state index is 0.278. The predicted octanol–water partition coefficient (Wildman–Crippen LogP) is -0.726. The molecule has 1 fully saturated rings. The molecule has 0 amide bonds. The second-order valence-electron chi connectivity index (χ2n) is 3.63. The standard InChI is InChI=1S/C9H17NO4/c1-6(11)8(10)9(12)14-5-7-2-3-13-4-7/h6-8,11H,2-5,10H2,1H3/t6-,7?,8+/m1/s1. The van der Waals surface area contributed by atoms with Gasteiger partial charge in [0.15, 0.2) is 0 Å². The summed E-state index contributed by atoms with van der Waals surface area (Å²) in [5.74, 6) is -0.271. The van der Waals surface area contributed by atoms with Crippen LogP contribution in [0, 0.1) is 5.92 Å². The molecule has 0 bridgehead atoms. The number of carbonyl (C=O) groups is 1. The van der Waals surface area contributed by atoms with Crippen molar-refractivity contribution >= 4 is 5.97 Å². The molecule has 0 saturated carbocycles. The summed E-state index contributed by atoms with van der Waals surface area (Å²) in [6.45, 7) is 3.16. The van der Waals surface area contributed by atoms with Gasteiger partial charge >= 0.3 is 5.97 Å². The highest BCUT2D eigenvalue weighted by Gasteiger charge is 2.23. The van der Waals surface area contributed by atoms with E-state index in [0.717, 1.165) is 13.0 Å². The zero-order chi connectivity index (χ0) is 10.6. The van der Waals surface area contributed by atoms with Gasteiger partial charge in [-0.05, 0) is 13.3 Å². The summed E-state index contributed by atoms with van der Waals surface area (Å²) in [4.78, 5) is 11.2. The van der Waals surface area contributed by atoms with Crippen molar-refractivity contribution in [1.29, 1.82) is 0 Å². The first-order valence-corrected chi connectivity index (χ1v) is 4.79. The summed E-state index contributed by atoms with van der Waals surface area (Å²) in [5.41, 5.74) is 5.39. The lowest BCUT2D eigenvalue weighted by atomic mass is 10.1. The van der Waals surface area contributed by atoms with Gasteiger partial charge in [-0.15, -0.1) is 0 Å². The van der Waals surface area contributed by atoms with E-state index in [1.54, 1.807) is 0 Å². The highest BCUT2D eigenvalue weighted by molar-refractivity contribution is 5.76. The maximum Gasteiger partial charge on any atom is 0.325 e. The van der Waals surface area contributed by atoms with Gasteiger partial charge in [0.25, 0.3) is 0 Å². The molecular formula is C9H17NO4. The molecule has 1 aliphatic heterocycles. The SMILES string of the molecule is C[C@@H](O)[C@H](N)C(=O)OCC1CCOC1. The van der Waals surface area contributed by atoms with Gasteiger partial charge in [0.1, 0.15) is 6.04 Å². The quantitative estimate of drug-likeness (QED) is 0.589. The number of nitrogens with two attached hydrogens (primary N) is 1. The van der Waals surface area contributed by atoms with Gasteiger partial charge in [-0.25, -0.2) is 0 Å². The van der Waals surface area contributed by atoms with Crippen molar-refractivity contribution < 1.29 is 19.4 Å². The average molecular weight is 203 g/mol. The number of aliphatic hydroxyl groups excluding tert-OH is 1. The van der Waals surface area contributed by atoms with Gasteiger partial charge < -0.3 is 20.3 Å². The molecule has 0 aliphatic carbocycles. The summed E-state index contributed by atoms with van der Waals surface area (Å²) >= 11 is 0. The normalized spacial score (nSPS) is 25.8. The second kappa shape index (κ2) is 5.29. The van der Waals surface area contributed by atoms with E-state index in [-0.39, 0.29) is 5.92 Å². The molecule has 3 N–H and O–H groups in total. The molecule has 0 aromatic rings. The fraction of sp³-hybridized carbons (Fsp3) is 0.889. The Morgan fingerprint density at radius 2 is 2.50 bits per heavy atom.